The van der Waals surface area contributed by atoms with Crippen LogP contribution in [0.3, 0.4) is 0 Å². The molecule has 1 rings (SSSR count). The maximum Gasteiger partial charge on any atom is 0.404 e. The third kappa shape index (κ3) is 3.88. The van der Waals surface area contributed by atoms with Crippen LogP contribution in [0, 0.1) is 10.1 Å². The third-order valence-corrected chi connectivity index (χ3v) is 2.59. The van der Waals surface area contributed by atoms with Crippen LogP contribution < -0.4 is 4.74 Å². The van der Waals surface area contributed by atoms with Crippen molar-refractivity contribution in [3.63, 3.8) is 0 Å². The fraction of sp³-hybridized carbons (Fsp3) is 0.333. The topological polar surface area (TPSA) is 52.4 Å². The van der Waals surface area contributed by atoms with E-state index in [1.54, 1.807) is 0 Å². The summed E-state index contributed by atoms with van der Waals surface area (Å²) in [7, 11) is 0. The van der Waals surface area contributed by atoms with Crippen molar-refractivity contribution in [3.05, 3.63) is 34.4 Å². The first-order valence-corrected chi connectivity index (χ1v) is 5.31. The lowest BCUT2D eigenvalue weighted by Crippen LogP contribution is -2.28. The molecule has 0 fully saturated rings. The summed E-state index contributed by atoms with van der Waals surface area (Å²) in [5.41, 5.74) is -0.366. The molecule has 0 N–H and O–H groups in total. The fourth-order valence-electron chi connectivity index (χ4n) is 0.987. The second-order valence-corrected chi connectivity index (χ2v) is 4.15. The van der Waals surface area contributed by atoms with Gasteiger partial charge in [0.15, 0.2) is 5.75 Å². The summed E-state index contributed by atoms with van der Waals surface area (Å²) in [6.45, 7) is -0.728. The number of ether oxygens (including phenoxy) is 1. The van der Waals surface area contributed by atoms with Gasteiger partial charge in [0.25, 0.3) is 0 Å². The molecule has 0 aliphatic heterocycles. The molecule has 0 heterocycles. The van der Waals surface area contributed by atoms with Gasteiger partial charge in [0, 0.05) is 6.07 Å². The number of halogens is 4. The van der Waals surface area contributed by atoms with Gasteiger partial charge in [-0.15, -0.1) is 0 Å². The molecule has 0 saturated carbocycles. The Morgan fingerprint density at radius 3 is 2.53 bits per heavy atom. The number of nitro groups is 1. The molecule has 8 heteroatoms. The van der Waals surface area contributed by atoms with E-state index in [1.807, 2.05) is 0 Å². The van der Waals surface area contributed by atoms with Crippen molar-refractivity contribution in [1.82, 2.24) is 0 Å². The normalized spacial score (nSPS) is 13.2. The van der Waals surface area contributed by atoms with Gasteiger partial charge in [-0.3, -0.25) is 10.1 Å². The molecule has 0 spiro atoms. The predicted octanol–water partition coefficient (Wildman–Crippen LogP) is 3.30. The zero-order valence-electron chi connectivity index (χ0n) is 8.28. The first-order valence-electron chi connectivity index (χ1n) is 4.39. The molecule has 0 aliphatic carbocycles. The molecular formula is C9H7BrF3NO3. The second kappa shape index (κ2) is 5.35. The van der Waals surface area contributed by atoms with Gasteiger partial charge in [-0.2, -0.15) is 13.2 Å². The fourth-order valence-corrected chi connectivity index (χ4v) is 1.12. The third-order valence-electron chi connectivity index (χ3n) is 1.80. The molecule has 94 valence electrons. The van der Waals surface area contributed by atoms with Crippen LogP contribution in [0.4, 0.5) is 18.9 Å². The lowest BCUT2D eigenvalue weighted by atomic mass is 10.3. The van der Waals surface area contributed by atoms with Gasteiger partial charge in [-0.1, -0.05) is 28.1 Å². The Hall–Kier alpha value is -1.31. The summed E-state index contributed by atoms with van der Waals surface area (Å²) in [6, 6.07) is 5.25. The molecule has 0 bridgehead atoms. The van der Waals surface area contributed by atoms with Crippen molar-refractivity contribution in [2.45, 2.75) is 11.0 Å². The highest BCUT2D eigenvalue weighted by Gasteiger charge is 2.38. The number of alkyl halides is 4. The Morgan fingerprint density at radius 2 is 2.00 bits per heavy atom. The van der Waals surface area contributed by atoms with Crippen molar-refractivity contribution >= 4 is 21.6 Å². The standard InChI is InChI=1S/C9H7BrF3NO3/c10-8(9(11,12)13)5-17-7-4-2-1-3-6(7)14(15)16/h1-4,8H,5H2. The van der Waals surface area contributed by atoms with Crippen molar-refractivity contribution in [2.75, 3.05) is 6.61 Å². The van der Waals surface area contributed by atoms with E-state index in [2.05, 4.69) is 15.9 Å². The molecule has 1 atom stereocenters. The molecule has 1 aromatic rings. The second-order valence-electron chi connectivity index (χ2n) is 3.04. The summed E-state index contributed by atoms with van der Waals surface area (Å²) in [4.78, 5) is 7.97. The Labute approximate surface area is 103 Å². The van der Waals surface area contributed by atoms with Crippen LogP contribution >= 0.6 is 15.9 Å². The van der Waals surface area contributed by atoms with Gasteiger partial charge < -0.3 is 4.74 Å². The lowest BCUT2D eigenvalue weighted by molar-refractivity contribution is -0.385. The highest BCUT2D eigenvalue weighted by atomic mass is 79.9. The quantitative estimate of drug-likeness (QED) is 0.487. The van der Waals surface area contributed by atoms with E-state index in [1.165, 1.54) is 18.2 Å². The minimum Gasteiger partial charge on any atom is -0.485 e. The zero-order valence-corrected chi connectivity index (χ0v) is 9.86. The first-order chi connectivity index (χ1) is 7.82. The van der Waals surface area contributed by atoms with Gasteiger partial charge in [0.2, 0.25) is 0 Å². The van der Waals surface area contributed by atoms with Crippen molar-refractivity contribution in [1.29, 1.82) is 0 Å². The smallest absolute Gasteiger partial charge is 0.404 e. The molecule has 0 saturated heterocycles. The monoisotopic (exact) mass is 313 g/mol. The minimum absolute atomic E-state index is 0.189. The van der Waals surface area contributed by atoms with Crippen LogP contribution in [0.5, 0.6) is 5.75 Å². The number of hydrogen-bond donors (Lipinski definition) is 0. The Morgan fingerprint density at radius 1 is 1.41 bits per heavy atom. The predicted molar refractivity (Wildman–Crippen MR) is 57.4 cm³/mol. The summed E-state index contributed by atoms with van der Waals surface area (Å²) in [5.74, 6) is -0.189. The van der Waals surface area contributed by atoms with E-state index in [-0.39, 0.29) is 11.4 Å². The van der Waals surface area contributed by atoms with Gasteiger partial charge in [-0.05, 0) is 6.07 Å². The SMILES string of the molecule is O=[N+]([O-])c1ccccc1OCC(Br)C(F)(F)F. The summed E-state index contributed by atoms with van der Waals surface area (Å²) in [5, 5.41) is 10.6. The number of rotatable bonds is 4. The van der Waals surface area contributed by atoms with Crippen LogP contribution in [0.15, 0.2) is 24.3 Å². The zero-order chi connectivity index (χ0) is 13.1. The highest BCUT2D eigenvalue weighted by Crippen LogP contribution is 2.30. The van der Waals surface area contributed by atoms with E-state index >= 15 is 0 Å². The summed E-state index contributed by atoms with van der Waals surface area (Å²) in [6.07, 6.45) is -4.45. The number of nitrogens with zero attached hydrogens (tertiary/aromatic N) is 1. The molecule has 0 aromatic heterocycles. The van der Waals surface area contributed by atoms with E-state index in [9.17, 15) is 23.3 Å². The maximum atomic E-state index is 12.2. The Kier molecular flexibility index (Phi) is 4.33. The molecule has 0 amide bonds. The molecular weight excluding hydrogens is 307 g/mol. The molecule has 1 unspecified atom stereocenters. The van der Waals surface area contributed by atoms with Gasteiger partial charge in [0.05, 0.1) is 4.92 Å². The maximum absolute atomic E-state index is 12.2. The Balaban J connectivity index is 2.73. The van der Waals surface area contributed by atoms with E-state index in [4.69, 9.17) is 4.74 Å². The molecule has 4 nitrogen and oxygen atoms in total. The van der Waals surface area contributed by atoms with Crippen LogP contribution in [-0.4, -0.2) is 22.5 Å². The first kappa shape index (κ1) is 13.8. The van der Waals surface area contributed by atoms with E-state index in [0.717, 1.165) is 6.07 Å². The largest absolute Gasteiger partial charge is 0.485 e. The van der Waals surface area contributed by atoms with E-state index in [0.29, 0.717) is 0 Å². The molecule has 0 radical (unpaired) electrons. The van der Waals surface area contributed by atoms with Gasteiger partial charge >= 0.3 is 11.9 Å². The number of nitro benzene ring substituents is 1. The van der Waals surface area contributed by atoms with Crippen LogP contribution in [-0.2, 0) is 0 Å². The Bertz CT molecular complexity index is 411. The average molecular weight is 314 g/mol. The lowest BCUT2D eigenvalue weighted by Gasteiger charge is -2.14. The van der Waals surface area contributed by atoms with Crippen LogP contribution in [0.2, 0.25) is 0 Å². The number of para-hydroxylation sites is 2. The van der Waals surface area contributed by atoms with Gasteiger partial charge in [-0.25, -0.2) is 0 Å². The molecule has 1 aromatic carbocycles. The highest BCUT2D eigenvalue weighted by molar-refractivity contribution is 9.09. The molecule has 17 heavy (non-hydrogen) atoms. The van der Waals surface area contributed by atoms with Crippen molar-refractivity contribution in [3.8, 4) is 5.75 Å². The summed E-state index contributed by atoms with van der Waals surface area (Å²) < 4.78 is 41.2. The van der Waals surface area contributed by atoms with Crippen LogP contribution in [0.1, 0.15) is 0 Å². The van der Waals surface area contributed by atoms with E-state index < -0.39 is 22.5 Å². The minimum atomic E-state index is -4.45. The van der Waals surface area contributed by atoms with Crippen LogP contribution in [0.25, 0.3) is 0 Å². The summed E-state index contributed by atoms with van der Waals surface area (Å²) >= 11 is 2.40. The number of hydrogen-bond acceptors (Lipinski definition) is 3. The average Bonchev–Trinajstić information content (AvgIpc) is 2.24. The van der Waals surface area contributed by atoms with Gasteiger partial charge in [0.1, 0.15) is 11.4 Å². The molecule has 0 aliphatic rings. The van der Waals surface area contributed by atoms with Crippen molar-refractivity contribution in [2.24, 2.45) is 0 Å². The van der Waals surface area contributed by atoms with Crippen molar-refractivity contribution < 1.29 is 22.8 Å². The number of benzene rings is 1.